The van der Waals surface area contributed by atoms with E-state index in [9.17, 15) is 70.6 Å². The molecule has 0 spiro atoms. The van der Waals surface area contributed by atoms with E-state index < -0.39 is 150 Å². The van der Waals surface area contributed by atoms with Gasteiger partial charge in [0.1, 0.15) is 72.2 Å². The number of ether oxygens (including phenoxy) is 5. The predicted molar refractivity (Wildman–Crippen MR) is 173 cm³/mol. The third-order valence-electron chi connectivity index (χ3n) is 8.63. The van der Waals surface area contributed by atoms with Crippen molar-refractivity contribution in [2.75, 3.05) is 13.2 Å². The van der Waals surface area contributed by atoms with Crippen molar-refractivity contribution < 1.29 is 99.0 Å². The van der Waals surface area contributed by atoms with Gasteiger partial charge in [0.15, 0.2) is 28.4 Å². The lowest BCUT2D eigenvalue weighted by Gasteiger charge is -2.41. The summed E-state index contributed by atoms with van der Waals surface area (Å²) in [5.41, 5.74) is -3.29. The smallest absolute Gasteiger partial charge is 0.308 e. The topological polar surface area (TPSA) is 353 Å². The molecule has 2 aromatic carbocycles. The van der Waals surface area contributed by atoms with E-state index in [1.54, 1.807) is 0 Å². The normalized spacial score (nSPS) is 29.6. The molecule has 296 valence electrons. The number of aliphatic hydroxyl groups excluding tert-OH is 7. The summed E-state index contributed by atoms with van der Waals surface area (Å²) >= 11 is 0. The first-order valence-corrected chi connectivity index (χ1v) is 16.1. The molecule has 12 N–H and O–H groups in total. The fourth-order valence-corrected chi connectivity index (χ4v) is 5.76. The predicted octanol–water partition coefficient (Wildman–Crippen LogP) is -2.90. The summed E-state index contributed by atoms with van der Waals surface area (Å²) < 4.78 is 33.1. The Morgan fingerprint density at radius 1 is 0.796 bits per heavy atom. The molecule has 0 radical (unpaired) electrons. The number of rotatable bonds is 12. The fourth-order valence-electron chi connectivity index (χ4n) is 5.76. The number of carbonyl (C=O) groups excluding carboxylic acids is 1. The number of esters is 1. The number of carboxylic acids is 1. The largest absolute Gasteiger partial charge is 0.504 e. The zero-order valence-corrected chi connectivity index (χ0v) is 28.0. The molecule has 0 bridgehead atoms. The highest BCUT2D eigenvalue weighted by atomic mass is 16.7. The highest BCUT2D eigenvalue weighted by Crippen LogP contribution is 2.45. The Hall–Kier alpha value is -4.81. The molecular weight excluding hydrogens is 732 g/mol. The Morgan fingerprint density at radius 2 is 1.41 bits per heavy atom. The van der Waals surface area contributed by atoms with Gasteiger partial charge in [0.25, 0.3) is 0 Å². The molecule has 0 aliphatic carbocycles. The number of hydrogen-bond donors (Lipinski definition) is 12. The molecule has 3 heterocycles. The van der Waals surface area contributed by atoms with Crippen molar-refractivity contribution >= 4 is 22.9 Å². The first-order chi connectivity index (χ1) is 25.3. The summed E-state index contributed by atoms with van der Waals surface area (Å²) in [6, 6.07) is 5.28. The highest BCUT2D eigenvalue weighted by molar-refractivity contribution is 5.89. The van der Waals surface area contributed by atoms with Crippen LogP contribution < -0.4 is 14.9 Å². The Bertz CT molecular complexity index is 1910. The summed E-state index contributed by atoms with van der Waals surface area (Å²) in [7, 11) is 0. The molecule has 11 atom stereocenters. The number of fused-ring (bicyclic) bond motifs is 1. The Labute approximate surface area is 302 Å². The first kappa shape index (κ1) is 40.4. The number of phenols is 3. The molecule has 3 aromatic rings. The van der Waals surface area contributed by atoms with E-state index in [4.69, 9.17) is 33.2 Å². The molecule has 2 fully saturated rings. The van der Waals surface area contributed by atoms with Gasteiger partial charge in [0, 0.05) is 17.7 Å². The van der Waals surface area contributed by atoms with Crippen LogP contribution >= 0.6 is 0 Å². The third-order valence-corrected chi connectivity index (χ3v) is 8.63. The molecule has 5 rings (SSSR count). The number of carbonyl (C=O) groups is 2. The van der Waals surface area contributed by atoms with Gasteiger partial charge in [-0.1, -0.05) is 0 Å². The minimum Gasteiger partial charge on any atom is -0.504 e. The standard InChI is InChI=1S/C33H38O21/c1-33(48,7-20(38)39)8-21(40)49-10-19-24(42)27(45)28(46)31(53-19)51-17-6-16-22(14(37)5-15(50-16)11-2-3-12(35)13(36)4-11)25(43)30(17)54-32-29(47)26(44)23(41)18(9-34)52-32/h2-6,18-19,23-24,26-29,31-32,34-36,41-48H,7-10H2,1H3,(H,38,39)/t18-,19+,23+,24+,26-,27-,28+,29+,31+,32-,33-/m0/s1. The van der Waals surface area contributed by atoms with E-state index in [1.807, 2.05) is 0 Å². The maximum absolute atomic E-state index is 13.4. The molecule has 1 aromatic heterocycles. The lowest BCUT2D eigenvalue weighted by molar-refractivity contribution is -0.283. The molecule has 21 nitrogen and oxygen atoms in total. The van der Waals surface area contributed by atoms with Crippen LogP contribution in [0.15, 0.2) is 39.5 Å². The van der Waals surface area contributed by atoms with E-state index >= 15 is 0 Å². The van der Waals surface area contributed by atoms with Gasteiger partial charge in [0.2, 0.25) is 18.3 Å². The number of carboxylic acid groups (broad SMARTS) is 1. The second-order valence-electron chi connectivity index (χ2n) is 13.0. The lowest BCUT2D eigenvalue weighted by atomic mass is 9.98. The van der Waals surface area contributed by atoms with E-state index in [2.05, 4.69) is 0 Å². The number of aliphatic carboxylic acids is 1. The zero-order valence-electron chi connectivity index (χ0n) is 28.0. The number of hydrogen-bond acceptors (Lipinski definition) is 20. The van der Waals surface area contributed by atoms with Gasteiger partial charge in [-0.2, -0.15) is 0 Å². The van der Waals surface area contributed by atoms with Crippen molar-refractivity contribution in [3.8, 4) is 40.1 Å². The van der Waals surface area contributed by atoms with Gasteiger partial charge < -0.3 is 89.4 Å². The maximum Gasteiger partial charge on any atom is 0.308 e. The van der Waals surface area contributed by atoms with Crippen molar-refractivity contribution in [2.45, 2.75) is 86.8 Å². The molecule has 0 saturated carbocycles. The maximum atomic E-state index is 13.4. The molecule has 2 aliphatic rings. The van der Waals surface area contributed by atoms with E-state index in [0.29, 0.717) is 0 Å². The van der Waals surface area contributed by atoms with Gasteiger partial charge in [-0.3, -0.25) is 14.4 Å². The molecule has 54 heavy (non-hydrogen) atoms. The van der Waals surface area contributed by atoms with Gasteiger partial charge in [-0.05, 0) is 25.1 Å². The summed E-state index contributed by atoms with van der Waals surface area (Å²) in [6.45, 7) is -0.634. The lowest BCUT2D eigenvalue weighted by Crippen LogP contribution is -2.60. The molecule has 2 saturated heterocycles. The van der Waals surface area contributed by atoms with Crippen LogP contribution in [0.25, 0.3) is 22.3 Å². The van der Waals surface area contributed by atoms with Crippen LogP contribution in [0.2, 0.25) is 0 Å². The van der Waals surface area contributed by atoms with Crippen LogP contribution in [-0.2, 0) is 23.8 Å². The highest BCUT2D eigenvalue weighted by Gasteiger charge is 2.48. The summed E-state index contributed by atoms with van der Waals surface area (Å²) in [5.74, 6) is -6.35. The van der Waals surface area contributed by atoms with E-state index in [1.165, 1.54) is 6.07 Å². The quantitative estimate of drug-likeness (QED) is 0.0649. The average Bonchev–Trinajstić information content (AvgIpc) is 3.09. The fraction of sp³-hybridized carbons (Fsp3) is 0.485. The third kappa shape index (κ3) is 8.44. The molecular formula is C33H38O21. The van der Waals surface area contributed by atoms with E-state index in [-0.39, 0.29) is 11.3 Å². The van der Waals surface area contributed by atoms with Crippen LogP contribution in [-0.4, -0.2) is 153 Å². The summed E-state index contributed by atoms with van der Waals surface area (Å²) in [5, 5.41) is 122. The monoisotopic (exact) mass is 770 g/mol. The summed E-state index contributed by atoms with van der Waals surface area (Å²) in [4.78, 5) is 36.7. The van der Waals surface area contributed by atoms with Crippen LogP contribution in [0.5, 0.6) is 28.7 Å². The van der Waals surface area contributed by atoms with Crippen LogP contribution in [0.4, 0.5) is 0 Å². The Morgan fingerprint density at radius 3 is 2.02 bits per heavy atom. The average molecular weight is 771 g/mol. The van der Waals surface area contributed by atoms with Crippen molar-refractivity contribution in [2.24, 2.45) is 0 Å². The van der Waals surface area contributed by atoms with Crippen LogP contribution in [0, 0.1) is 0 Å². The van der Waals surface area contributed by atoms with E-state index in [0.717, 1.165) is 31.2 Å². The minimum absolute atomic E-state index is 0.0814. The van der Waals surface area contributed by atoms with Crippen LogP contribution in [0.1, 0.15) is 19.8 Å². The Kier molecular flexibility index (Phi) is 11.9. The second-order valence-corrected chi connectivity index (χ2v) is 13.0. The van der Waals surface area contributed by atoms with Crippen molar-refractivity contribution in [3.05, 3.63) is 40.6 Å². The molecule has 0 unspecified atom stereocenters. The van der Waals surface area contributed by atoms with Crippen molar-refractivity contribution in [1.29, 1.82) is 0 Å². The minimum atomic E-state index is -2.10. The number of benzene rings is 2. The van der Waals surface area contributed by atoms with Crippen LogP contribution in [0.3, 0.4) is 0 Å². The number of aromatic hydroxyl groups is 3. The summed E-state index contributed by atoms with van der Waals surface area (Å²) in [6.07, 6.45) is -20.7. The first-order valence-electron chi connectivity index (χ1n) is 16.1. The molecule has 0 amide bonds. The zero-order chi connectivity index (χ0) is 39.8. The van der Waals surface area contributed by atoms with Gasteiger partial charge in [-0.25, -0.2) is 0 Å². The molecule has 2 aliphatic heterocycles. The second kappa shape index (κ2) is 15.9. The van der Waals surface area contributed by atoms with Crippen molar-refractivity contribution in [1.82, 2.24) is 0 Å². The van der Waals surface area contributed by atoms with Crippen molar-refractivity contribution in [3.63, 3.8) is 0 Å². The van der Waals surface area contributed by atoms with Gasteiger partial charge >= 0.3 is 11.9 Å². The Balaban J connectivity index is 1.52. The van der Waals surface area contributed by atoms with Gasteiger partial charge in [-0.15, -0.1) is 0 Å². The van der Waals surface area contributed by atoms with Gasteiger partial charge in [0.05, 0.1) is 25.0 Å². The SMILES string of the molecule is C[C@](O)(CC(=O)O)CC(=O)OC[C@H]1O[C@@H](Oc2cc3oc(-c4ccc(O)c(O)c4)cc(=O)c3c(O)c2O[C@@H]2O[C@@H](CO)[C@@H](O)[C@H](O)[C@H]2O)[C@H](O)[C@@H](O)[C@@H]1O. The number of aliphatic hydroxyl groups is 8. The number of phenolic OH excluding ortho intramolecular Hbond substituents is 3. The molecule has 21 heteroatoms.